The number of amides is 1. The minimum atomic E-state index is -5.22. The first-order valence-corrected chi connectivity index (χ1v) is 39.2. The molecule has 0 unspecified atom stereocenters. The summed E-state index contributed by atoms with van der Waals surface area (Å²) in [5, 5.41) is 15.5. The van der Waals surface area contributed by atoms with Crippen molar-refractivity contribution in [2.75, 3.05) is 60.5 Å². The van der Waals surface area contributed by atoms with Crippen molar-refractivity contribution >= 4 is 21.6 Å². The second-order valence-corrected chi connectivity index (χ2v) is 27.7. The zero-order valence-electron chi connectivity index (χ0n) is 57.3. The largest absolute Gasteiger partial charge is 0.470 e. The predicted octanol–water partition coefficient (Wildman–Crippen LogP) is 15.3. The summed E-state index contributed by atoms with van der Waals surface area (Å²) in [5.41, 5.74) is 0. The summed E-state index contributed by atoms with van der Waals surface area (Å²) in [4.78, 5) is 54.0. The minimum absolute atomic E-state index is 0.0705. The quantitative estimate of drug-likeness (QED) is 0.0188. The van der Waals surface area contributed by atoms with Gasteiger partial charge in [0.1, 0.15) is 48.8 Å². The fraction of sp³-hybridized carbons (Fsp3) is 0.956. The van der Waals surface area contributed by atoms with Crippen molar-refractivity contribution in [3.63, 3.8) is 0 Å². The SMILES string of the molecule is CCCCCC/C=C\CCCCCCCCCC(=O)N[C@H]1[C@H](OC[C@H]2O[C@@H](OCCOP(=O)(O)O)[C@H](OCCCCCCCCCCCC)[C@@H](OCCCCCCCCCCCC)[C@@H]2O)O[C@H](COC)[C@@H](OP(=O)(O)O)[C@@H]1OCC[C@@H](CCCCCCC)OC. The van der Waals surface area contributed by atoms with Gasteiger partial charge in [-0.2, -0.15) is 0 Å². The standard InChI is InChI=1S/C68H133NO19P2/c1-7-11-15-19-22-25-28-29-30-31-32-33-36-40-44-48-60(70)69-61-64(82-52-49-57(79-6)47-43-39-18-14-10-4)63(88-90(75,76)77)59(55-78-5)87-67(61)84-56-58-62(71)65(80-50-45-41-37-34-26-23-20-16-12-8-2)66(68(86-58)83-53-54-85-89(72,73)74)81-51-46-42-38-35-27-24-21-17-13-9-3/h25,28,57-59,61-68,71H,7-24,26-27,29-56H2,1-6H3,(H,69,70)(H2,72,73,74)(H2,75,76,77)/b28-25-/t57-,58-,59-,61-,62-,63-,64-,65+,66-,67-,68-/m1/s1. The number of rotatable bonds is 63. The molecule has 2 rings (SSSR count). The van der Waals surface area contributed by atoms with E-state index < -0.39 is 83.6 Å². The molecule has 0 bridgehead atoms. The molecule has 0 saturated carbocycles. The lowest BCUT2D eigenvalue weighted by molar-refractivity contribution is -0.331. The number of carbonyl (C=O) groups is 1. The summed E-state index contributed by atoms with van der Waals surface area (Å²) in [7, 11) is -6.99. The molecule has 11 atom stereocenters. The van der Waals surface area contributed by atoms with Gasteiger partial charge in [0.15, 0.2) is 12.6 Å². The van der Waals surface area contributed by atoms with Crippen LogP contribution in [0.15, 0.2) is 12.2 Å². The Labute approximate surface area is 546 Å². The molecular formula is C68H133NO19P2. The highest BCUT2D eigenvalue weighted by Gasteiger charge is 2.53. The molecule has 2 fully saturated rings. The van der Waals surface area contributed by atoms with Gasteiger partial charge in [-0.05, 0) is 57.8 Å². The molecule has 2 saturated heterocycles. The highest BCUT2D eigenvalue weighted by Crippen LogP contribution is 2.43. The third-order valence-electron chi connectivity index (χ3n) is 17.2. The van der Waals surface area contributed by atoms with Crippen LogP contribution in [-0.2, 0) is 65.6 Å². The van der Waals surface area contributed by atoms with Crippen molar-refractivity contribution in [1.29, 1.82) is 0 Å². The van der Waals surface area contributed by atoms with E-state index in [1.807, 2.05) is 0 Å². The van der Waals surface area contributed by atoms with Gasteiger partial charge < -0.3 is 72.6 Å². The molecule has 2 heterocycles. The van der Waals surface area contributed by atoms with Crippen molar-refractivity contribution in [3.8, 4) is 0 Å². The number of aliphatic hydroxyl groups excluding tert-OH is 1. The van der Waals surface area contributed by atoms with Gasteiger partial charge in [-0.3, -0.25) is 13.8 Å². The summed E-state index contributed by atoms with van der Waals surface area (Å²) in [6, 6.07) is -1.21. The smallest absolute Gasteiger partial charge is 0.387 e. The number of allylic oxidation sites excluding steroid dienone is 2. The molecule has 2 aliphatic rings. The minimum Gasteiger partial charge on any atom is -0.387 e. The van der Waals surface area contributed by atoms with E-state index in [-0.39, 0.29) is 44.9 Å². The Hall–Kier alpha value is -0.970. The summed E-state index contributed by atoms with van der Waals surface area (Å²) in [5.74, 6) is -0.350. The van der Waals surface area contributed by atoms with Gasteiger partial charge in [0.25, 0.3) is 0 Å². The van der Waals surface area contributed by atoms with Gasteiger partial charge in [0.2, 0.25) is 5.91 Å². The zero-order valence-corrected chi connectivity index (χ0v) is 59.1. The Morgan fingerprint density at radius 2 is 0.911 bits per heavy atom. The summed E-state index contributed by atoms with van der Waals surface area (Å²) >= 11 is 0. The first-order valence-electron chi connectivity index (χ1n) is 36.1. The molecule has 1 amide bonds. The predicted molar refractivity (Wildman–Crippen MR) is 355 cm³/mol. The molecule has 0 spiro atoms. The number of hydrogen-bond acceptors (Lipinski definition) is 15. The molecule has 90 heavy (non-hydrogen) atoms. The van der Waals surface area contributed by atoms with Gasteiger partial charge in [-0.1, -0.05) is 239 Å². The molecule has 0 aromatic carbocycles. The Bertz CT molecular complexity index is 1780. The van der Waals surface area contributed by atoms with E-state index in [0.29, 0.717) is 26.1 Å². The van der Waals surface area contributed by atoms with Crippen LogP contribution in [0.2, 0.25) is 0 Å². The van der Waals surface area contributed by atoms with Gasteiger partial charge in [-0.15, -0.1) is 0 Å². The number of ether oxygens (including phenoxy) is 9. The third-order valence-corrected chi connectivity index (χ3v) is 18.3. The van der Waals surface area contributed by atoms with Crippen LogP contribution in [0, 0.1) is 0 Å². The van der Waals surface area contributed by atoms with E-state index >= 15 is 0 Å². The number of hydrogen-bond donors (Lipinski definition) is 6. The molecule has 0 radical (unpaired) electrons. The van der Waals surface area contributed by atoms with E-state index in [1.165, 1.54) is 110 Å². The first kappa shape index (κ1) is 85.1. The van der Waals surface area contributed by atoms with E-state index in [4.69, 9.17) is 51.7 Å². The lowest BCUT2D eigenvalue weighted by atomic mass is 9.95. The van der Waals surface area contributed by atoms with Crippen LogP contribution < -0.4 is 5.32 Å². The monoisotopic (exact) mass is 1330 g/mol. The summed E-state index contributed by atoms with van der Waals surface area (Å²) in [6.45, 7) is 8.17. The summed E-state index contributed by atoms with van der Waals surface area (Å²) < 4.78 is 91.8. The van der Waals surface area contributed by atoms with Crippen molar-refractivity contribution in [3.05, 3.63) is 12.2 Å². The van der Waals surface area contributed by atoms with Gasteiger partial charge in [-0.25, -0.2) is 9.13 Å². The van der Waals surface area contributed by atoms with Crippen LogP contribution in [0.5, 0.6) is 0 Å². The summed E-state index contributed by atoms with van der Waals surface area (Å²) in [6.07, 6.45) is 37.0. The van der Waals surface area contributed by atoms with Crippen LogP contribution in [-0.4, -0.2) is 159 Å². The maximum Gasteiger partial charge on any atom is 0.470 e. The van der Waals surface area contributed by atoms with E-state index in [1.54, 1.807) is 7.11 Å². The van der Waals surface area contributed by atoms with Crippen molar-refractivity contribution < 1.29 is 90.3 Å². The van der Waals surface area contributed by atoms with Crippen LogP contribution in [0.1, 0.15) is 291 Å². The molecular weight excluding hydrogens is 1200 g/mol. The molecule has 6 N–H and O–H groups in total. The maximum absolute atomic E-state index is 14.2. The molecule has 0 aromatic heterocycles. The highest BCUT2D eigenvalue weighted by molar-refractivity contribution is 7.46. The van der Waals surface area contributed by atoms with Gasteiger partial charge in [0, 0.05) is 40.5 Å². The second-order valence-electron chi connectivity index (χ2n) is 25.3. The van der Waals surface area contributed by atoms with E-state index in [0.717, 1.165) is 141 Å². The van der Waals surface area contributed by atoms with Crippen molar-refractivity contribution in [2.24, 2.45) is 0 Å². The second kappa shape index (κ2) is 56.1. The van der Waals surface area contributed by atoms with Crippen LogP contribution in [0.3, 0.4) is 0 Å². The Balaban J connectivity index is 2.45. The number of phosphoric acid groups is 2. The molecule has 534 valence electrons. The molecule has 20 nitrogen and oxygen atoms in total. The number of methoxy groups -OCH3 is 2. The van der Waals surface area contributed by atoms with Crippen molar-refractivity contribution in [1.82, 2.24) is 5.32 Å². The molecule has 2 aliphatic heterocycles. The number of aliphatic hydroxyl groups is 1. The number of carbonyl (C=O) groups excluding carboxylic acids is 1. The number of unbranched alkanes of at least 4 members (excludes halogenated alkanes) is 33. The van der Waals surface area contributed by atoms with E-state index in [9.17, 15) is 38.6 Å². The maximum atomic E-state index is 14.2. The fourth-order valence-electron chi connectivity index (χ4n) is 11.9. The van der Waals surface area contributed by atoms with Gasteiger partial charge in [0.05, 0.1) is 32.5 Å². The van der Waals surface area contributed by atoms with Crippen LogP contribution in [0.25, 0.3) is 0 Å². The number of nitrogens with one attached hydrogen (secondary N) is 1. The lowest BCUT2D eigenvalue weighted by Crippen LogP contribution is -2.67. The fourth-order valence-corrected chi connectivity index (χ4v) is 12.8. The Kier molecular flexibility index (Phi) is 53.0. The zero-order chi connectivity index (χ0) is 65.8. The average molecular weight is 1330 g/mol. The van der Waals surface area contributed by atoms with Crippen LogP contribution >= 0.6 is 15.6 Å². The molecule has 0 aliphatic carbocycles. The highest BCUT2D eigenvalue weighted by atomic mass is 31.2. The third kappa shape index (κ3) is 43.3. The lowest BCUT2D eigenvalue weighted by Gasteiger charge is -2.47. The average Bonchev–Trinajstić information content (AvgIpc) is 0.859. The van der Waals surface area contributed by atoms with Gasteiger partial charge >= 0.3 is 15.6 Å². The molecule has 22 heteroatoms. The topological polar surface area (TPSA) is 266 Å². The Morgan fingerprint density at radius 1 is 0.456 bits per heavy atom. The number of phosphoric ester groups is 2. The van der Waals surface area contributed by atoms with E-state index in [2.05, 4.69) is 45.2 Å². The van der Waals surface area contributed by atoms with Crippen LogP contribution in [0.4, 0.5) is 0 Å². The molecule has 0 aromatic rings. The van der Waals surface area contributed by atoms with Crippen molar-refractivity contribution in [2.45, 2.75) is 358 Å². The Morgan fingerprint density at radius 3 is 1.41 bits per heavy atom. The normalized spacial score (nSPS) is 22.9. The first-order chi connectivity index (χ1) is 43.6.